The Bertz CT molecular complexity index is 958. The average molecular weight is 468 g/mol. The first kappa shape index (κ1) is 22.1. The zero-order chi connectivity index (χ0) is 22.2. The Morgan fingerprint density at radius 2 is 2.17 bits per heavy atom. The molecule has 0 amide bonds. The van der Waals surface area contributed by atoms with E-state index in [0.29, 0.717) is 5.70 Å². The molecule has 0 radical (unpaired) electrons. The van der Waals surface area contributed by atoms with Gasteiger partial charge >= 0.3 is 13.6 Å². The molecule has 16 heteroatoms. The quantitative estimate of drug-likeness (QED) is 0.150. The zero-order valence-electron chi connectivity index (χ0n) is 15.4. The maximum Gasteiger partial charge on any atom is 0.365 e. The number of carbonyl (C=O) groups is 1. The molecule has 30 heavy (non-hydrogen) atoms. The Morgan fingerprint density at radius 3 is 2.80 bits per heavy atom. The first-order chi connectivity index (χ1) is 14.0. The number of furan rings is 1. The number of esters is 1. The fourth-order valence-corrected chi connectivity index (χ4v) is 3.62. The number of nitrogens with zero attached hydrogens (tertiary/aromatic N) is 2. The number of aromatic hydroxyl groups is 2. The minimum absolute atomic E-state index is 0.00676. The average Bonchev–Trinajstić information content (AvgIpc) is 3.17. The number of halogens is 1. The third-order valence-corrected chi connectivity index (χ3v) is 5.28. The minimum Gasteiger partial charge on any atom is -0.502 e. The van der Waals surface area contributed by atoms with Crippen molar-refractivity contribution in [2.75, 3.05) is 18.2 Å². The summed E-state index contributed by atoms with van der Waals surface area (Å²) in [5, 5.41) is 26.2. The van der Waals surface area contributed by atoms with Crippen LogP contribution in [0.4, 0.5) is 5.88 Å². The van der Waals surface area contributed by atoms with Gasteiger partial charge in [-0.3, -0.25) is 9.46 Å². The third-order valence-electron chi connectivity index (χ3n) is 4.11. The topological polar surface area (TPSA) is 212 Å². The van der Waals surface area contributed by atoms with Crippen molar-refractivity contribution in [3.05, 3.63) is 17.3 Å². The van der Waals surface area contributed by atoms with Crippen LogP contribution >= 0.6 is 19.2 Å². The van der Waals surface area contributed by atoms with Crippen molar-refractivity contribution in [3.63, 3.8) is 0 Å². The van der Waals surface area contributed by atoms with Gasteiger partial charge in [-0.2, -0.15) is 0 Å². The summed E-state index contributed by atoms with van der Waals surface area (Å²) in [4.78, 5) is 35.7. The van der Waals surface area contributed by atoms with Crippen molar-refractivity contribution in [2.24, 2.45) is 10.7 Å². The normalized spacial score (nSPS) is 19.7. The van der Waals surface area contributed by atoms with Gasteiger partial charge in [0, 0.05) is 0 Å². The van der Waals surface area contributed by atoms with Crippen LogP contribution in [0.15, 0.2) is 20.9 Å². The van der Waals surface area contributed by atoms with E-state index in [1.807, 2.05) is 0 Å². The van der Waals surface area contributed by atoms with Gasteiger partial charge in [-0.05, 0) is 18.5 Å². The van der Waals surface area contributed by atoms with Crippen LogP contribution in [-0.2, 0) is 25.4 Å². The summed E-state index contributed by atoms with van der Waals surface area (Å²) in [6.07, 6.45) is -0.692. The van der Waals surface area contributed by atoms with Crippen LogP contribution in [0.2, 0.25) is 0 Å². The molecule has 0 bridgehead atoms. The molecule has 0 aromatic carbocycles. The van der Waals surface area contributed by atoms with Gasteiger partial charge in [0.2, 0.25) is 17.4 Å². The van der Waals surface area contributed by atoms with Gasteiger partial charge < -0.3 is 50.3 Å². The summed E-state index contributed by atoms with van der Waals surface area (Å²) >= 11 is 5.88. The minimum atomic E-state index is -5.03. The number of aliphatic imine (C=N–C) groups is 1. The molecule has 0 aliphatic carbocycles. The molecule has 8 N–H and O–H groups in total. The van der Waals surface area contributed by atoms with Crippen molar-refractivity contribution in [1.82, 2.24) is 10.6 Å². The van der Waals surface area contributed by atoms with E-state index < -0.39 is 43.7 Å². The molecule has 0 spiro atoms. The SMILES string of the molecule is CCOC(=O)C(OCc1oc(N2CNC3=C(N)N=C(Cl)N[C@@H]32)c(O)c1O)P(=O)(O)O. The third kappa shape index (κ3) is 4.13. The zero-order valence-corrected chi connectivity index (χ0v) is 17.1. The predicted octanol–water partition coefficient (Wildman–Crippen LogP) is -0.707. The monoisotopic (exact) mass is 467 g/mol. The van der Waals surface area contributed by atoms with Crippen LogP contribution in [0.1, 0.15) is 12.7 Å². The highest BCUT2D eigenvalue weighted by Crippen LogP contribution is 2.46. The van der Waals surface area contributed by atoms with Gasteiger partial charge in [-0.1, -0.05) is 0 Å². The van der Waals surface area contributed by atoms with E-state index in [1.165, 1.54) is 11.8 Å². The lowest BCUT2D eigenvalue weighted by Gasteiger charge is -2.26. The number of hydrogen-bond acceptors (Lipinski definition) is 12. The van der Waals surface area contributed by atoms with Gasteiger partial charge in [0.25, 0.3) is 5.85 Å². The molecule has 3 heterocycles. The van der Waals surface area contributed by atoms with E-state index in [1.54, 1.807) is 0 Å². The van der Waals surface area contributed by atoms with E-state index in [9.17, 15) is 29.4 Å². The molecule has 2 aliphatic heterocycles. The van der Waals surface area contributed by atoms with Gasteiger partial charge in [0.15, 0.2) is 11.1 Å². The summed E-state index contributed by atoms with van der Waals surface area (Å²) in [5.74, 6) is -5.40. The van der Waals surface area contributed by atoms with Crippen LogP contribution in [0.25, 0.3) is 0 Å². The van der Waals surface area contributed by atoms with Crippen LogP contribution < -0.4 is 21.3 Å². The lowest BCUT2D eigenvalue weighted by atomic mass is 10.3. The Labute approximate surface area is 174 Å². The summed E-state index contributed by atoms with van der Waals surface area (Å²) in [6, 6.07) is 0. The number of amidine groups is 1. The Hall–Kier alpha value is -2.64. The van der Waals surface area contributed by atoms with Crippen molar-refractivity contribution in [1.29, 1.82) is 0 Å². The molecule has 0 saturated carbocycles. The maximum absolute atomic E-state index is 11.7. The summed E-state index contributed by atoms with van der Waals surface area (Å²) in [5.41, 5.74) is 6.25. The lowest BCUT2D eigenvalue weighted by Crippen LogP contribution is -2.46. The van der Waals surface area contributed by atoms with Gasteiger partial charge in [0.05, 0.1) is 19.0 Å². The first-order valence-electron chi connectivity index (χ1n) is 8.42. The molecule has 1 unspecified atom stereocenters. The summed E-state index contributed by atoms with van der Waals surface area (Å²) < 4.78 is 26.4. The van der Waals surface area contributed by atoms with E-state index in [2.05, 4.69) is 20.4 Å². The van der Waals surface area contributed by atoms with E-state index >= 15 is 0 Å². The predicted molar refractivity (Wildman–Crippen MR) is 101 cm³/mol. The number of hydrogen-bond donors (Lipinski definition) is 7. The highest BCUT2D eigenvalue weighted by Gasteiger charge is 2.41. The molecule has 1 aromatic heterocycles. The molecule has 14 nitrogen and oxygen atoms in total. The van der Waals surface area contributed by atoms with Crippen molar-refractivity contribution < 1.29 is 43.3 Å². The molecule has 3 rings (SSSR count). The lowest BCUT2D eigenvalue weighted by molar-refractivity contribution is -0.153. The van der Waals surface area contributed by atoms with Crippen LogP contribution in [-0.4, -0.2) is 56.6 Å². The summed E-state index contributed by atoms with van der Waals surface area (Å²) in [7, 11) is -5.03. The van der Waals surface area contributed by atoms with Gasteiger partial charge in [-0.15, -0.1) is 0 Å². The molecule has 2 atom stereocenters. The second-order valence-electron chi connectivity index (χ2n) is 6.09. The van der Waals surface area contributed by atoms with Crippen LogP contribution in [0.5, 0.6) is 11.5 Å². The maximum atomic E-state index is 11.7. The van der Waals surface area contributed by atoms with Gasteiger partial charge in [0.1, 0.15) is 18.6 Å². The van der Waals surface area contributed by atoms with Crippen LogP contribution in [0, 0.1) is 0 Å². The molecule has 2 aliphatic rings. The fourth-order valence-electron chi connectivity index (χ4n) is 2.80. The molecular formula is C14H19ClN5O9P. The number of rotatable bonds is 7. The van der Waals surface area contributed by atoms with Crippen molar-refractivity contribution >= 4 is 36.3 Å². The highest BCUT2D eigenvalue weighted by atomic mass is 35.5. The Balaban J connectivity index is 1.81. The van der Waals surface area contributed by atoms with Gasteiger partial charge in [-0.25, -0.2) is 9.79 Å². The number of carbonyl (C=O) groups excluding carboxylic acids is 1. The Morgan fingerprint density at radius 1 is 1.47 bits per heavy atom. The molecule has 1 fully saturated rings. The summed E-state index contributed by atoms with van der Waals surface area (Å²) in [6.45, 7) is 0.659. The largest absolute Gasteiger partial charge is 0.502 e. The standard InChI is InChI=1S/C14H19ClN5O9P/c1-2-27-12(23)13(30(24,25)26)28-3-5-7(21)8(22)11(29-5)20-4-17-6-9(16)18-14(15)19-10(6)20/h10,13,17,21-22H,2-4,16H2,1H3,(H,18,19)(H2,24,25,26)/t10-,13?/m1/s1. The molecular weight excluding hydrogens is 449 g/mol. The van der Waals surface area contributed by atoms with E-state index in [-0.39, 0.29) is 36.0 Å². The van der Waals surface area contributed by atoms with E-state index in [4.69, 9.17) is 26.5 Å². The van der Waals surface area contributed by atoms with Crippen molar-refractivity contribution in [2.45, 2.75) is 25.5 Å². The Kier molecular flexibility index (Phi) is 6.06. The number of nitrogens with two attached hydrogens (primary N) is 1. The molecule has 166 valence electrons. The van der Waals surface area contributed by atoms with E-state index in [0.717, 1.165) is 0 Å². The number of nitrogens with one attached hydrogen (secondary N) is 2. The number of ether oxygens (including phenoxy) is 2. The second kappa shape index (κ2) is 8.24. The first-order valence-corrected chi connectivity index (χ1v) is 10.5. The van der Waals surface area contributed by atoms with Crippen molar-refractivity contribution in [3.8, 4) is 11.5 Å². The number of fused-ring (bicyclic) bond motifs is 1. The van der Waals surface area contributed by atoms with Crippen LogP contribution in [0.3, 0.4) is 0 Å². The highest BCUT2D eigenvalue weighted by molar-refractivity contribution is 7.53. The number of anilines is 1. The smallest absolute Gasteiger partial charge is 0.365 e. The fraction of sp³-hybridized carbons (Fsp3) is 0.429. The second-order valence-corrected chi connectivity index (χ2v) is 8.09. The molecule has 1 aromatic rings. The molecule has 1 saturated heterocycles.